The number of nitrogens with one attached hydrogen (secondary N) is 1. The fourth-order valence-corrected chi connectivity index (χ4v) is 1.39. The summed E-state index contributed by atoms with van der Waals surface area (Å²) in [7, 11) is 0. The molecule has 0 spiro atoms. The predicted octanol–water partition coefficient (Wildman–Crippen LogP) is 1.30. The van der Waals surface area contributed by atoms with E-state index in [9.17, 15) is 4.79 Å². The lowest BCUT2D eigenvalue weighted by Crippen LogP contribution is -2.35. The fourth-order valence-electron chi connectivity index (χ4n) is 1.39. The Hall–Kier alpha value is -2.30. The highest BCUT2D eigenvalue weighted by molar-refractivity contribution is 5.90. The van der Waals surface area contributed by atoms with Gasteiger partial charge in [-0.1, -0.05) is 12.1 Å². The molecule has 0 unspecified atom stereocenters. The molecule has 2 rings (SSSR count). The number of amides is 2. The molecule has 0 aliphatic rings. The number of imidazole rings is 1. The Bertz CT molecular complexity index is 452. The van der Waals surface area contributed by atoms with Gasteiger partial charge in [0.15, 0.2) is 0 Å². The van der Waals surface area contributed by atoms with Crippen molar-refractivity contribution in [3.63, 3.8) is 0 Å². The smallest absolute Gasteiger partial charge is 0.319 e. The number of aromatic nitrogens is 2. The fraction of sp³-hybridized carbons (Fsp3) is 0.0909. The lowest BCUT2D eigenvalue weighted by molar-refractivity contribution is 0.253. The van der Waals surface area contributed by atoms with Crippen molar-refractivity contribution in [2.75, 3.05) is 4.90 Å². The second-order valence-electron chi connectivity index (χ2n) is 3.22. The summed E-state index contributed by atoms with van der Waals surface area (Å²) in [6, 6.07) is 9.37. The van der Waals surface area contributed by atoms with Gasteiger partial charge in [-0.3, -0.25) is 4.90 Å². The van der Waals surface area contributed by atoms with Crippen LogP contribution in [0.25, 0.3) is 0 Å². The van der Waals surface area contributed by atoms with Gasteiger partial charge in [-0.15, -0.1) is 0 Å². The van der Waals surface area contributed by atoms with Gasteiger partial charge in [0.2, 0.25) is 0 Å². The summed E-state index contributed by atoms with van der Waals surface area (Å²) in [5.74, 6) is 0.687. The van der Waals surface area contributed by atoms with Crippen molar-refractivity contribution in [3.8, 4) is 0 Å². The summed E-state index contributed by atoms with van der Waals surface area (Å²) >= 11 is 0. The molecule has 0 atom stereocenters. The maximum atomic E-state index is 11.3. The van der Waals surface area contributed by atoms with Crippen LogP contribution in [0.1, 0.15) is 5.82 Å². The summed E-state index contributed by atoms with van der Waals surface area (Å²) in [6.07, 6.45) is 3.33. The normalized spacial score (nSPS) is 10.0. The van der Waals surface area contributed by atoms with Crippen molar-refractivity contribution >= 4 is 11.7 Å². The molecule has 1 aromatic heterocycles. The maximum Gasteiger partial charge on any atom is 0.319 e. The Kier molecular flexibility index (Phi) is 2.86. The van der Waals surface area contributed by atoms with Crippen molar-refractivity contribution in [1.82, 2.24) is 9.97 Å². The number of hydrogen-bond donors (Lipinski definition) is 2. The van der Waals surface area contributed by atoms with Crippen molar-refractivity contribution in [2.45, 2.75) is 6.54 Å². The number of nitrogens with two attached hydrogens (primary N) is 1. The summed E-state index contributed by atoms with van der Waals surface area (Å²) in [5.41, 5.74) is 6.05. The van der Waals surface area contributed by atoms with Crippen LogP contribution in [0, 0.1) is 6.07 Å². The topological polar surface area (TPSA) is 75.0 Å². The highest BCUT2D eigenvalue weighted by Crippen LogP contribution is 2.14. The zero-order chi connectivity index (χ0) is 11.4. The molecule has 3 N–H and O–H groups in total. The van der Waals surface area contributed by atoms with Gasteiger partial charge in [0.05, 0.1) is 6.54 Å². The van der Waals surface area contributed by atoms with E-state index in [-0.39, 0.29) is 0 Å². The standard InChI is InChI=1S/C11H11N4O/c12-11(16)15(8-10-13-6-7-14-10)9-4-2-1-3-5-9/h2-7H,8H2,(H2,12,16)(H,13,14). The number of primary amides is 1. The van der Waals surface area contributed by atoms with Crippen LogP contribution >= 0.6 is 0 Å². The third-order valence-electron chi connectivity index (χ3n) is 2.14. The molecule has 2 aromatic rings. The van der Waals surface area contributed by atoms with Gasteiger partial charge in [0.1, 0.15) is 5.82 Å². The quantitative estimate of drug-likeness (QED) is 0.809. The molecule has 81 valence electrons. The van der Waals surface area contributed by atoms with Gasteiger partial charge in [0, 0.05) is 18.1 Å². The zero-order valence-electron chi connectivity index (χ0n) is 8.55. The van der Waals surface area contributed by atoms with Crippen molar-refractivity contribution in [2.24, 2.45) is 5.73 Å². The Morgan fingerprint density at radius 2 is 2.25 bits per heavy atom. The van der Waals surface area contributed by atoms with Crippen LogP contribution < -0.4 is 10.6 Å². The third-order valence-corrected chi connectivity index (χ3v) is 2.14. The second kappa shape index (κ2) is 4.48. The van der Waals surface area contributed by atoms with Crippen LogP contribution in [0.4, 0.5) is 10.5 Å². The number of carbonyl (C=O) groups is 1. The lowest BCUT2D eigenvalue weighted by atomic mass is 10.3. The summed E-state index contributed by atoms with van der Waals surface area (Å²) < 4.78 is 0. The first-order valence-corrected chi connectivity index (χ1v) is 4.78. The molecule has 1 radical (unpaired) electrons. The van der Waals surface area contributed by atoms with E-state index in [0.717, 1.165) is 5.69 Å². The third kappa shape index (κ3) is 2.20. The van der Waals surface area contributed by atoms with E-state index in [2.05, 4.69) is 16.0 Å². The Balaban J connectivity index is 2.22. The number of aromatic amines is 1. The van der Waals surface area contributed by atoms with Crippen molar-refractivity contribution in [1.29, 1.82) is 0 Å². The number of anilines is 1. The highest BCUT2D eigenvalue weighted by Gasteiger charge is 2.13. The van der Waals surface area contributed by atoms with E-state index in [4.69, 9.17) is 5.73 Å². The molecule has 0 saturated heterocycles. The van der Waals surface area contributed by atoms with E-state index < -0.39 is 6.03 Å². The molecule has 0 saturated carbocycles. The molecule has 0 aliphatic carbocycles. The monoisotopic (exact) mass is 215 g/mol. The van der Waals surface area contributed by atoms with Gasteiger partial charge in [-0.25, -0.2) is 9.78 Å². The first-order valence-electron chi connectivity index (χ1n) is 4.78. The first-order chi connectivity index (χ1) is 7.77. The van der Waals surface area contributed by atoms with Crippen molar-refractivity contribution in [3.05, 3.63) is 48.5 Å². The van der Waals surface area contributed by atoms with Gasteiger partial charge in [0.25, 0.3) is 0 Å². The van der Waals surface area contributed by atoms with Crippen LogP contribution in [0.2, 0.25) is 0 Å². The molecular formula is C11H11N4O. The van der Waals surface area contributed by atoms with Crippen LogP contribution in [0.15, 0.2) is 36.7 Å². The number of nitrogens with zero attached hydrogens (tertiary/aromatic N) is 2. The van der Waals surface area contributed by atoms with E-state index in [1.54, 1.807) is 36.7 Å². The molecule has 2 amide bonds. The summed E-state index contributed by atoms with van der Waals surface area (Å²) in [6.45, 7) is 0.326. The molecule has 1 aromatic carbocycles. The number of benzene rings is 1. The number of H-pyrrole nitrogens is 1. The average molecular weight is 215 g/mol. The van der Waals surface area contributed by atoms with E-state index >= 15 is 0 Å². The molecular weight excluding hydrogens is 204 g/mol. The SMILES string of the molecule is NC(=O)N(Cc1ncc[nH]1)c1cc[c]cc1. The predicted molar refractivity (Wildman–Crippen MR) is 59.6 cm³/mol. The number of urea groups is 1. The minimum absolute atomic E-state index is 0.326. The first kappa shape index (κ1) is 10.2. The Labute approximate surface area is 92.9 Å². The number of rotatable bonds is 3. The highest BCUT2D eigenvalue weighted by atomic mass is 16.2. The van der Waals surface area contributed by atoms with E-state index in [1.807, 2.05) is 0 Å². The van der Waals surface area contributed by atoms with E-state index in [0.29, 0.717) is 12.4 Å². The van der Waals surface area contributed by atoms with Crippen LogP contribution in [-0.2, 0) is 6.54 Å². The molecule has 1 heterocycles. The van der Waals surface area contributed by atoms with Gasteiger partial charge < -0.3 is 10.7 Å². The molecule has 5 heteroatoms. The molecule has 0 aliphatic heterocycles. The van der Waals surface area contributed by atoms with E-state index in [1.165, 1.54) is 4.90 Å². The molecule has 0 fully saturated rings. The van der Waals surface area contributed by atoms with Gasteiger partial charge in [-0.05, 0) is 18.2 Å². The number of hydrogen-bond acceptors (Lipinski definition) is 2. The molecule has 0 bridgehead atoms. The van der Waals surface area contributed by atoms with Crippen LogP contribution in [-0.4, -0.2) is 16.0 Å². The van der Waals surface area contributed by atoms with Crippen LogP contribution in [0.3, 0.4) is 0 Å². The molecule has 5 nitrogen and oxygen atoms in total. The minimum atomic E-state index is -0.511. The molecule has 16 heavy (non-hydrogen) atoms. The largest absolute Gasteiger partial charge is 0.351 e. The minimum Gasteiger partial charge on any atom is -0.351 e. The zero-order valence-corrected chi connectivity index (χ0v) is 8.55. The van der Waals surface area contributed by atoms with Crippen LogP contribution in [0.5, 0.6) is 0 Å². The second-order valence-corrected chi connectivity index (χ2v) is 3.22. The van der Waals surface area contributed by atoms with Gasteiger partial charge in [-0.2, -0.15) is 0 Å². The average Bonchev–Trinajstić information content (AvgIpc) is 2.79. The summed E-state index contributed by atoms with van der Waals surface area (Å²) in [4.78, 5) is 19.7. The Morgan fingerprint density at radius 3 is 2.81 bits per heavy atom. The van der Waals surface area contributed by atoms with Crippen molar-refractivity contribution < 1.29 is 4.79 Å². The number of carbonyl (C=O) groups excluding carboxylic acids is 1. The summed E-state index contributed by atoms with van der Waals surface area (Å²) in [5, 5.41) is 0. The Morgan fingerprint density at radius 1 is 1.50 bits per heavy atom. The maximum absolute atomic E-state index is 11.3. The lowest BCUT2D eigenvalue weighted by Gasteiger charge is -2.18. The van der Waals surface area contributed by atoms with Gasteiger partial charge >= 0.3 is 6.03 Å².